The molecule has 0 spiro atoms. The van der Waals surface area contributed by atoms with Crippen LogP contribution in [0.5, 0.6) is 0 Å². The molecule has 0 atom stereocenters. The van der Waals surface area contributed by atoms with Crippen LogP contribution >= 0.6 is 11.3 Å². The Bertz CT molecular complexity index is 942. The molecule has 2 aliphatic rings. The maximum Gasteiger partial charge on any atom is 0.141 e. The van der Waals surface area contributed by atoms with Gasteiger partial charge in [0.25, 0.3) is 0 Å². The molecule has 1 aromatic carbocycles. The largest absolute Gasteiger partial charge is 0.368 e. The Labute approximate surface area is 164 Å². The second-order valence-electron chi connectivity index (χ2n) is 7.65. The predicted molar refractivity (Wildman–Crippen MR) is 114 cm³/mol. The summed E-state index contributed by atoms with van der Waals surface area (Å²) in [5.41, 5.74) is 2.87. The number of anilines is 2. The van der Waals surface area contributed by atoms with Gasteiger partial charge in [-0.1, -0.05) is 24.6 Å². The molecule has 5 heteroatoms. The molecule has 1 aliphatic carbocycles. The number of nitrogens with zero attached hydrogens (tertiary/aromatic N) is 4. The zero-order valence-electron chi connectivity index (χ0n) is 15.9. The van der Waals surface area contributed by atoms with Crippen molar-refractivity contribution >= 4 is 33.1 Å². The maximum atomic E-state index is 4.94. The Balaban J connectivity index is 1.47. The number of thiophene rings is 1. The van der Waals surface area contributed by atoms with E-state index in [1.54, 1.807) is 10.4 Å². The number of hydrogen-bond donors (Lipinski definition) is 0. The molecule has 27 heavy (non-hydrogen) atoms. The Hall–Kier alpha value is -2.14. The number of aromatic nitrogens is 2. The summed E-state index contributed by atoms with van der Waals surface area (Å²) in [4.78, 5) is 17.5. The first-order chi connectivity index (χ1) is 13.3. The van der Waals surface area contributed by atoms with Gasteiger partial charge in [0.1, 0.15) is 16.5 Å². The lowest BCUT2D eigenvalue weighted by Gasteiger charge is -2.37. The van der Waals surface area contributed by atoms with E-state index >= 15 is 0 Å². The average Bonchev–Trinajstić information content (AvgIpc) is 2.89. The van der Waals surface area contributed by atoms with Gasteiger partial charge in [0, 0.05) is 36.7 Å². The lowest BCUT2D eigenvalue weighted by molar-refractivity contribution is 0.648. The third-order valence-corrected chi connectivity index (χ3v) is 7.04. The number of para-hydroxylation sites is 1. The van der Waals surface area contributed by atoms with Gasteiger partial charge in [-0.05, 0) is 50.3 Å². The highest BCUT2D eigenvalue weighted by Crippen LogP contribution is 2.39. The van der Waals surface area contributed by atoms with Crippen LogP contribution in [0.4, 0.5) is 11.5 Å². The summed E-state index contributed by atoms with van der Waals surface area (Å²) < 4.78 is 0. The fourth-order valence-corrected chi connectivity index (χ4v) is 5.76. The molecular formula is C22H26N4S. The van der Waals surface area contributed by atoms with Gasteiger partial charge in [0.2, 0.25) is 0 Å². The predicted octanol–water partition coefficient (Wildman–Crippen LogP) is 4.60. The van der Waals surface area contributed by atoms with Crippen molar-refractivity contribution < 1.29 is 0 Å². The minimum Gasteiger partial charge on any atom is -0.368 e. The highest BCUT2D eigenvalue weighted by molar-refractivity contribution is 7.19. The standard InChI is InChI=1S/C22H26N4S/c1-16-23-21(20-18-10-6-3-7-11-19(18)27-22(20)24-16)26-14-12-25(13-15-26)17-8-4-2-5-9-17/h2,4-5,8-9H,3,6-7,10-15H2,1H3. The molecule has 0 unspecified atom stereocenters. The first-order valence-electron chi connectivity index (χ1n) is 10.1. The molecule has 3 heterocycles. The molecule has 3 aromatic rings. The molecule has 0 N–H and O–H groups in total. The minimum atomic E-state index is 0.902. The van der Waals surface area contributed by atoms with Crippen LogP contribution in [0.25, 0.3) is 10.2 Å². The van der Waals surface area contributed by atoms with Crippen LogP contribution in [0.2, 0.25) is 0 Å². The van der Waals surface area contributed by atoms with E-state index in [1.165, 1.54) is 53.8 Å². The summed E-state index contributed by atoms with van der Waals surface area (Å²) in [6.07, 6.45) is 6.38. The van der Waals surface area contributed by atoms with Crippen LogP contribution in [0.1, 0.15) is 35.5 Å². The summed E-state index contributed by atoms with van der Waals surface area (Å²) in [6, 6.07) is 10.8. The van der Waals surface area contributed by atoms with E-state index in [0.29, 0.717) is 0 Å². The van der Waals surface area contributed by atoms with Gasteiger partial charge in [-0.2, -0.15) is 0 Å². The number of benzene rings is 1. The molecular weight excluding hydrogens is 352 g/mol. The Morgan fingerprint density at radius 1 is 0.852 bits per heavy atom. The second-order valence-corrected chi connectivity index (χ2v) is 8.73. The molecule has 0 bridgehead atoms. The summed E-state index contributed by atoms with van der Waals surface area (Å²) in [6.45, 7) is 6.16. The number of fused-ring (bicyclic) bond motifs is 3. The number of hydrogen-bond acceptors (Lipinski definition) is 5. The van der Waals surface area contributed by atoms with E-state index in [2.05, 4.69) is 40.1 Å². The van der Waals surface area contributed by atoms with Crippen molar-refractivity contribution in [2.75, 3.05) is 36.0 Å². The van der Waals surface area contributed by atoms with Crippen molar-refractivity contribution in [3.63, 3.8) is 0 Å². The van der Waals surface area contributed by atoms with Crippen molar-refractivity contribution in [2.45, 2.75) is 39.0 Å². The molecule has 0 amide bonds. The van der Waals surface area contributed by atoms with Gasteiger partial charge in [0.05, 0.1) is 5.39 Å². The molecule has 1 aliphatic heterocycles. The molecule has 4 nitrogen and oxygen atoms in total. The van der Waals surface area contributed by atoms with Crippen molar-refractivity contribution in [3.05, 3.63) is 46.6 Å². The highest BCUT2D eigenvalue weighted by atomic mass is 32.1. The molecule has 1 fully saturated rings. The smallest absolute Gasteiger partial charge is 0.141 e. The molecule has 5 rings (SSSR count). The molecule has 0 saturated carbocycles. The normalized spacial score (nSPS) is 17.8. The maximum absolute atomic E-state index is 4.94. The van der Waals surface area contributed by atoms with Crippen LogP contribution in [0.3, 0.4) is 0 Å². The van der Waals surface area contributed by atoms with Crippen molar-refractivity contribution in [3.8, 4) is 0 Å². The van der Waals surface area contributed by atoms with E-state index in [-0.39, 0.29) is 0 Å². The summed E-state index contributed by atoms with van der Waals surface area (Å²) in [5.74, 6) is 2.09. The van der Waals surface area contributed by atoms with Gasteiger partial charge < -0.3 is 9.80 Å². The summed E-state index contributed by atoms with van der Waals surface area (Å²) >= 11 is 1.91. The van der Waals surface area contributed by atoms with E-state index < -0.39 is 0 Å². The quantitative estimate of drug-likeness (QED) is 0.610. The zero-order valence-corrected chi connectivity index (χ0v) is 16.8. The second kappa shape index (κ2) is 7.12. The van der Waals surface area contributed by atoms with Gasteiger partial charge in [-0.25, -0.2) is 9.97 Å². The van der Waals surface area contributed by atoms with Crippen LogP contribution in [0.15, 0.2) is 30.3 Å². The third kappa shape index (κ3) is 3.18. The molecule has 140 valence electrons. The number of rotatable bonds is 2. The average molecular weight is 379 g/mol. The molecule has 1 saturated heterocycles. The van der Waals surface area contributed by atoms with E-state index in [1.807, 2.05) is 18.3 Å². The van der Waals surface area contributed by atoms with E-state index in [9.17, 15) is 0 Å². The van der Waals surface area contributed by atoms with Crippen LogP contribution in [0, 0.1) is 6.92 Å². The Morgan fingerprint density at radius 2 is 1.59 bits per heavy atom. The lowest BCUT2D eigenvalue weighted by atomic mass is 10.1. The fourth-order valence-electron chi connectivity index (χ4n) is 4.46. The van der Waals surface area contributed by atoms with Crippen molar-refractivity contribution in [1.82, 2.24) is 9.97 Å². The van der Waals surface area contributed by atoms with Crippen molar-refractivity contribution in [2.24, 2.45) is 0 Å². The van der Waals surface area contributed by atoms with E-state index in [0.717, 1.165) is 32.0 Å². The fraction of sp³-hybridized carbons (Fsp3) is 0.455. The Morgan fingerprint density at radius 3 is 2.41 bits per heavy atom. The van der Waals surface area contributed by atoms with Crippen molar-refractivity contribution in [1.29, 1.82) is 0 Å². The molecule has 2 aromatic heterocycles. The van der Waals surface area contributed by atoms with Gasteiger partial charge in [0.15, 0.2) is 0 Å². The summed E-state index contributed by atoms with van der Waals surface area (Å²) in [7, 11) is 0. The highest BCUT2D eigenvalue weighted by Gasteiger charge is 2.25. The van der Waals surface area contributed by atoms with Gasteiger partial charge in [-0.3, -0.25) is 0 Å². The van der Waals surface area contributed by atoms with Gasteiger partial charge in [-0.15, -0.1) is 11.3 Å². The number of aryl methyl sites for hydroxylation is 3. The van der Waals surface area contributed by atoms with E-state index in [4.69, 9.17) is 9.97 Å². The van der Waals surface area contributed by atoms with Gasteiger partial charge >= 0.3 is 0 Å². The lowest BCUT2D eigenvalue weighted by Crippen LogP contribution is -2.47. The summed E-state index contributed by atoms with van der Waals surface area (Å²) in [5, 5.41) is 1.36. The first-order valence-corrected chi connectivity index (χ1v) is 10.9. The topological polar surface area (TPSA) is 32.3 Å². The van der Waals surface area contributed by atoms with Crippen LogP contribution < -0.4 is 9.80 Å². The Kier molecular flexibility index (Phi) is 4.48. The van der Waals surface area contributed by atoms with Crippen LogP contribution in [-0.4, -0.2) is 36.1 Å². The third-order valence-electron chi connectivity index (χ3n) is 5.86. The monoisotopic (exact) mass is 378 g/mol. The first kappa shape index (κ1) is 17.0. The zero-order chi connectivity index (χ0) is 18.2. The SMILES string of the molecule is Cc1nc(N2CCN(c3ccccc3)CC2)c2c3c(sc2n1)CCCCC3. The number of piperazine rings is 1. The molecule has 0 radical (unpaired) electrons. The minimum absolute atomic E-state index is 0.902. The van der Waals surface area contributed by atoms with Crippen LogP contribution in [-0.2, 0) is 12.8 Å².